The Balaban J connectivity index is 1.68. The molecule has 2 aliphatic carbocycles. The zero-order valence-electron chi connectivity index (χ0n) is 10.9. The Labute approximate surface area is 107 Å². The van der Waals surface area contributed by atoms with Crippen molar-refractivity contribution in [3.8, 4) is 0 Å². The SMILES string of the molecule is CC(C)[C@@H]1NC(=O)N(C[C@H]2C[C@H]3C=C[C@@H]2C3)C1=O. The first-order chi connectivity index (χ1) is 8.56. The van der Waals surface area contributed by atoms with Crippen molar-refractivity contribution in [3.63, 3.8) is 0 Å². The van der Waals surface area contributed by atoms with Crippen molar-refractivity contribution in [2.45, 2.75) is 32.7 Å². The molecule has 0 aromatic heterocycles. The summed E-state index contributed by atoms with van der Waals surface area (Å²) in [6.07, 6.45) is 6.88. The summed E-state index contributed by atoms with van der Waals surface area (Å²) >= 11 is 0. The van der Waals surface area contributed by atoms with E-state index in [-0.39, 0.29) is 23.9 Å². The highest BCUT2D eigenvalue weighted by Crippen LogP contribution is 2.43. The summed E-state index contributed by atoms with van der Waals surface area (Å²) < 4.78 is 0. The standard InChI is InChI=1S/C14H20N2O2/c1-8(2)12-13(17)16(14(18)15-12)7-11-6-9-3-4-10(11)5-9/h3-4,8-12H,5-7H2,1-2H3,(H,15,18)/t9-,10+,11+,12-/m0/s1. The van der Waals surface area contributed by atoms with Gasteiger partial charge in [0.15, 0.2) is 0 Å². The molecule has 0 aromatic rings. The minimum Gasteiger partial charge on any atom is -0.326 e. The van der Waals surface area contributed by atoms with Gasteiger partial charge in [0.25, 0.3) is 5.91 Å². The molecule has 18 heavy (non-hydrogen) atoms. The molecule has 98 valence electrons. The number of nitrogens with zero attached hydrogens (tertiary/aromatic N) is 1. The highest BCUT2D eigenvalue weighted by Gasteiger charge is 2.43. The zero-order chi connectivity index (χ0) is 12.9. The molecule has 4 nitrogen and oxygen atoms in total. The number of rotatable bonds is 3. The van der Waals surface area contributed by atoms with Gasteiger partial charge in [0, 0.05) is 6.54 Å². The third-order valence-corrected chi connectivity index (χ3v) is 4.56. The highest BCUT2D eigenvalue weighted by atomic mass is 16.2. The smallest absolute Gasteiger partial charge is 0.324 e. The lowest BCUT2D eigenvalue weighted by atomic mass is 9.93. The average Bonchev–Trinajstić information content (AvgIpc) is 2.98. The summed E-state index contributed by atoms with van der Waals surface area (Å²) in [5.74, 6) is 1.85. The molecule has 0 radical (unpaired) electrons. The molecule has 1 saturated heterocycles. The van der Waals surface area contributed by atoms with Crippen LogP contribution in [0.5, 0.6) is 0 Å². The minimum absolute atomic E-state index is 0.0400. The van der Waals surface area contributed by atoms with Crippen LogP contribution in [0.15, 0.2) is 12.2 Å². The van der Waals surface area contributed by atoms with E-state index in [9.17, 15) is 9.59 Å². The maximum absolute atomic E-state index is 12.2. The van der Waals surface area contributed by atoms with E-state index in [4.69, 9.17) is 0 Å². The second-order valence-electron chi connectivity index (χ2n) is 6.16. The second-order valence-corrected chi connectivity index (χ2v) is 6.16. The van der Waals surface area contributed by atoms with Crippen molar-refractivity contribution < 1.29 is 9.59 Å². The number of amides is 3. The third-order valence-electron chi connectivity index (χ3n) is 4.56. The number of fused-ring (bicyclic) bond motifs is 2. The largest absolute Gasteiger partial charge is 0.326 e. The average molecular weight is 248 g/mol. The van der Waals surface area contributed by atoms with Gasteiger partial charge in [-0.05, 0) is 36.5 Å². The first kappa shape index (κ1) is 11.8. The maximum Gasteiger partial charge on any atom is 0.324 e. The van der Waals surface area contributed by atoms with Crippen LogP contribution in [0.3, 0.4) is 0 Å². The van der Waals surface area contributed by atoms with E-state index in [1.807, 2.05) is 13.8 Å². The topological polar surface area (TPSA) is 49.4 Å². The fraction of sp³-hybridized carbons (Fsp3) is 0.714. The number of carbonyl (C=O) groups is 2. The van der Waals surface area contributed by atoms with Gasteiger partial charge in [-0.3, -0.25) is 9.69 Å². The van der Waals surface area contributed by atoms with Gasteiger partial charge in [-0.25, -0.2) is 4.79 Å². The van der Waals surface area contributed by atoms with Gasteiger partial charge in [-0.1, -0.05) is 26.0 Å². The van der Waals surface area contributed by atoms with Gasteiger partial charge < -0.3 is 5.32 Å². The molecule has 2 fully saturated rings. The molecule has 4 heteroatoms. The van der Waals surface area contributed by atoms with Crippen LogP contribution in [0.2, 0.25) is 0 Å². The van der Waals surface area contributed by atoms with Gasteiger partial charge >= 0.3 is 6.03 Å². The lowest BCUT2D eigenvalue weighted by Gasteiger charge is -2.23. The van der Waals surface area contributed by atoms with E-state index in [1.54, 1.807) is 0 Å². The van der Waals surface area contributed by atoms with Crippen molar-refractivity contribution in [2.24, 2.45) is 23.7 Å². The summed E-state index contributed by atoms with van der Waals surface area (Å²) in [5, 5.41) is 2.79. The second kappa shape index (κ2) is 4.11. The Morgan fingerprint density at radius 1 is 1.33 bits per heavy atom. The van der Waals surface area contributed by atoms with Crippen LogP contribution in [0.1, 0.15) is 26.7 Å². The van der Waals surface area contributed by atoms with Crippen LogP contribution in [0.4, 0.5) is 4.79 Å². The Kier molecular flexibility index (Phi) is 2.68. The Morgan fingerprint density at radius 2 is 2.11 bits per heavy atom. The molecular formula is C14H20N2O2. The predicted molar refractivity (Wildman–Crippen MR) is 67.7 cm³/mol. The lowest BCUT2D eigenvalue weighted by molar-refractivity contribution is -0.128. The van der Waals surface area contributed by atoms with Crippen molar-refractivity contribution >= 4 is 11.9 Å². The number of carbonyl (C=O) groups excluding carboxylic acids is 2. The van der Waals surface area contributed by atoms with Gasteiger partial charge in [0.05, 0.1) is 0 Å². The monoisotopic (exact) mass is 248 g/mol. The molecular weight excluding hydrogens is 228 g/mol. The van der Waals surface area contributed by atoms with E-state index >= 15 is 0 Å². The molecule has 3 rings (SSSR count). The van der Waals surface area contributed by atoms with Crippen LogP contribution < -0.4 is 5.32 Å². The summed E-state index contributed by atoms with van der Waals surface area (Å²) in [7, 11) is 0. The molecule has 4 atom stereocenters. The van der Waals surface area contributed by atoms with Crippen molar-refractivity contribution in [1.82, 2.24) is 10.2 Å². The van der Waals surface area contributed by atoms with Gasteiger partial charge in [0.1, 0.15) is 6.04 Å². The quantitative estimate of drug-likeness (QED) is 0.611. The number of allylic oxidation sites excluding steroid dienone is 2. The van der Waals surface area contributed by atoms with E-state index in [2.05, 4.69) is 17.5 Å². The van der Waals surface area contributed by atoms with Crippen LogP contribution in [-0.2, 0) is 4.79 Å². The Morgan fingerprint density at radius 3 is 2.61 bits per heavy atom. The fourth-order valence-corrected chi connectivity index (χ4v) is 3.50. The van der Waals surface area contributed by atoms with Crippen LogP contribution in [0, 0.1) is 23.7 Å². The molecule has 1 heterocycles. The summed E-state index contributed by atoms with van der Waals surface area (Å²) in [5.41, 5.74) is 0. The number of urea groups is 1. The first-order valence-corrected chi connectivity index (χ1v) is 6.86. The van der Waals surface area contributed by atoms with Crippen LogP contribution in [-0.4, -0.2) is 29.4 Å². The lowest BCUT2D eigenvalue weighted by Crippen LogP contribution is -2.37. The summed E-state index contributed by atoms with van der Waals surface area (Å²) in [6, 6.07) is -0.530. The number of hydrogen-bond donors (Lipinski definition) is 1. The van der Waals surface area contributed by atoms with Crippen molar-refractivity contribution in [2.75, 3.05) is 6.54 Å². The van der Waals surface area contributed by atoms with Crippen LogP contribution >= 0.6 is 0 Å². The normalized spacial score (nSPS) is 38.1. The zero-order valence-corrected chi connectivity index (χ0v) is 10.9. The van der Waals surface area contributed by atoms with E-state index in [0.717, 1.165) is 6.42 Å². The molecule has 1 saturated carbocycles. The molecule has 3 amide bonds. The van der Waals surface area contributed by atoms with Gasteiger partial charge in [0.2, 0.25) is 0 Å². The fourth-order valence-electron chi connectivity index (χ4n) is 3.50. The van der Waals surface area contributed by atoms with E-state index in [0.29, 0.717) is 24.3 Å². The molecule has 1 N–H and O–H groups in total. The number of hydrogen-bond acceptors (Lipinski definition) is 2. The van der Waals surface area contributed by atoms with Crippen molar-refractivity contribution in [1.29, 1.82) is 0 Å². The summed E-state index contributed by atoms with van der Waals surface area (Å²) in [6.45, 7) is 4.53. The Bertz CT molecular complexity index is 416. The molecule has 0 unspecified atom stereocenters. The van der Waals surface area contributed by atoms with E-state index < -0.39 is 0 Å². The predicted octanol–water partition coefficient (Wildman–Crippen LogP) is 1.77. The number of nitrogens with one attached hydrogen (secondary N) is 1. The molecule has 0 aromatic carbocycles. The van der Waals surface area contributed by atoms with Gasteiger partial charge in [-0.15, -0.1) is 0 Å². The Hall–Kier alpha value is -1.32. The molecule has 1 aliphatic heterocycles. The first-order valence-electron chi connectivity index (χ1n) is 6.86. The minimum atomic E-state index is -0.327. The van der Waals surface area contributed by atoms with Crippen LogP contribution in [0.25, 0.3) is 0 Å². The van der Waals surface area contributed by atoms with E-state index in [1.165, 1.54) is 11.3 Å². The van der Waals surface area contributed by atoms with Crippen molar-refractivity contribution in [3.05, 3.63) is 12.2 Å². The van der Waals surface area contributed by atoms with Gasteiger partial charge in [-0.2, -0.15) is 0 Å². The molecule has 3 aliphatic rings. The highest BCUT2D eigenvalue weighted by molar-refractivity contribution is 6.04. The third kappa shape index (κ3) is 1.74. The summed E-state index contributed by atoms with van der Waals surface area (Å²) in [4.78, 5) is 25.5. The number of imide groups is 1. The molecule has 0 spiro atoms. The molecule has 2 bridgehead atoms. The maximum atomic E-state index is 12.2.